The molecule has 0 spiro atoms. The van der Waals surface area contributed by atoms with E-state index in [1.165, 1.54) is 5.56 Å². The number of hydrogen-bond acceptors (Lipinski definition) is 4. The molecule has 7 heteroatoms. The molecule has 2 amide bonds. The molecule has 2 aromatic rings. The van der Waals surface area contributed by atoms with E-state index in [2.05, 4.69) is 17.1 Å². The number of ether oxygens (including phenoxy) is 1. The topological polar surface area (TPSA) is 61.9 Å². The van der Waals surface area contributed by atoms with Crippen molar-refractivity contribution in [3.05, 3.63) is 58.6 Å². The monoisotopic (exact) mass is 401 g/mol. The summed E-state index contributed by atoms with van der Waals surface area (Å²) in [6.45, 7) is 6.90. The number of nitrogens with one attached hydrogen (secondary N) is 1. The fourth-order valence-corrected chi connectivity index (χ4v) is 3.35. The third-order valence-corrected chi connectivity index (χ3v) is 4.96. The van der Waals surface area contributed by atoms with Gasteiger partial charge in [0.1, 0.15) is 0 Å². The Balaban J connectivity index is 1.55. The van der Waals surface area contributed by atoms with Gasteiger partial charge in [-0.05, 0) is 55.8 Å². The van der Waals surface area contributed by atoms with E-state index >= 15 is 0 Å². The third kappa shape index (κ3) is 4.75. The number of piperazine rings is 1. The predicted molar refractivity (Wildman–Crippen MR) is 111 cm³/mol. The van der Waals surface area contributed by atoms with Crippen molar-refractivity contribution < 1.29 is 14.3 Å². The number of hydrogen-bond donors (Lipinski definition) is 1. The van der Waals surface area contributed by atoms with Crippen LogP contribution >= 0.6 is 11.6 Å². The lowest BCUT2D eigenvalue weighted by Crippen LogP contribution is -2.50. The first kappa shape index (κ1) is 20.0. The quantitative estimate of drug-likeness (QED) is 0.781. The van der Waals surface area contributed by atoms with Crippen molar-refractivity contribution in [1.82, 2.24) is 4.90 Å². The lowest BCUT2D eigenvalue weighted by Gasteiger charge is -2.36. The summed E-state index contributed by atoms with van der Waals surface area (Å²) in [7, 11) is 0. The highest BCUT2D eigenvalue weighted by atomic mass is 35.5. The maximum atomic E-state index is 12.5. The highest BCUT2D eigenvalue weighted by molar-refractivity contribution is 6.30. The van der Waals surface area contributed by atoms with Crippen LogP contribution in [0.5, 0.6) is 0 Å². The number of carbonyl (C=O) groups excluding carboxylic acids is 2. The van der Waals surface area contributed by atoms with Crippen molar-refractivity contribution in [2.75, 3.05) is 43.0 Å². The van der Waals surface area contributed by atoms with Gasteiger partial charge in [-0.25, -0.2) is 9.59 Å². The van der Waals surface area contributed by atoms with E-state index < -0.39 is 0 Å². The lowest BCUT2D eigenvalue weighted by atomic mass is 10.1. The number of nitrogens with zero attached hydrogens (tertiary/aromatic N) is 2. The maximum Gasteiger partial charge on any atom is 0.338 e. The highest BCUT2D eigenvalue weighted by Gasteiger charge is 2.22. The summed E-state index contributed by atoms with van der Waals surface area (Å²) in [6, 6.07) is 12.4. The van der Waals surface area contributed by atoms with Gasteiger partial charge in [0.25, 0.3) is 0 Å². The molecule has 1 fully saturated rings. The van der Waals surface area contributed by atoms with Crippen LogP contribution in [-0.4, -0.2) is 49.7 Å². The van der Waals surface area contributed by atoms with E-state index in [0.29, 0.717) is 36.0 Å². The molecule has 148 valence electrons. The summed E-state index contributed by atoms with van der Waals surface area (Å²) in [6.07, 6.45) is 0. The van der Waals surface area contributed by atoms with Crippen molar-refractivity contribution in [2.45, 2.75) is 13.8 Å². The zero-order chi connectivity index (χ0) is 20.1. The van der Waals surface area contributed by atoms with Gasteiger partial charge in [-0.1, -0.05) is 17.7 Å². The minimum absolute atomic E-state index is 0.147. The molecule has 1 N–H and O–H groups in total. The van der Waals surface area contributed by atoms with Gasteiger partial charge in [-0.15, -0.1) is 0 Å². The van der Waals surface area contributed by atoms with E-state index in [1.54, 1.807) is 36.1 Å². The first-order valence-electron chi connectivity index (χ1n) is 9.32. The average molecular weight is 402 g/mol. The molecule has 1 aliphatic heterocycles. The van der Waals surface area contributed by atoms with Crippen LogP contribution in [0.25, 0.3) is 0 Å². The zero-order valence-corrected chi connectivity index (χ0v) is 16.8. The Kier molecular flexibility index (Phi) is 6.41. The van der Waals surface area contributed by atoms with Gasteiger partial charge < -0.3 is 19.9 Å². The smallest absolute Gasteiger partial charge is 0.338 e. The van der Waals surface area contributed by atoms with Gasteiger partial charge in [0, 0.05) is 42.6 Å². The second-order valence-electron chi connectivity index (χ2n) is 6.63. The Labute approximate surface area is 170 Å². The van der Waals surface area contributed by atoms with Crippen LogP contribution in [0.1, 0.15) is 22.8 Å². The van der Waals surface area contributed by atoms with Crippen molar-refractivity contribution in [3.63, 3.8) is 0 Å². The summed E-state index contributed by atoms with van der Waals surface area (Å²) in [5.74, 6) is -0.368. The van der Waals surface area contributed by atoms with Crippen molar-refractivity contribution >= 4 is 35.0 Å². The summed E-state index contributed by atoms with van der Waals surface area (Å²) >= 11 is 6.12. The van der Waals surface area contributed by atoms with Crippen LogP contribution in [0.2, 0.25) is 5.02 Å². The lowest BCUT2D eigenvalue weighted by molar-refractivity contribution is 0.0526. The average Bonchev–Trinajstić information content (AvgIpc) is 2.70. The molecule has 2 aromatic carbocycles. The minimum Gasteiger partial charge on any atom is -0.462 e. The molecule has 0 aromatic heterocycles. The highest BCUT2D eigenvalue weighted by Crippen LogP contribution is 2.25. The van der Waals surface area contributed by atoms with Crippen LogP contribution < -0.4 is 10.2 Å². The Hall–Kier alpha value is -2.73. The first-order chi connectivity index (χ1) is 13.5. The van der Waals surface area contributed by atoms with Crippen molar-refractivity contribution in [3.8, 4) is 0 Å². The molecule has 0 bridgehead atoms. The summed E-state index contributed by atoms with van der Waals surface area (Å²) in [4.78, 5) is 28.3. The Morgan fingerprint density at radius 3 is 2.39 bits per heavy atom. The summed E-state index contributed by atoms with van der Waals surface area (Å²) < 4.78 is 4.96. The number of carbonyl (C=O) groups is 2. The molecule has 3 rings (SSSR count). The minimum atomic E-state index is -0.368. The Bertz CT molecular complexity index is 846. The molecule has 0 atom stereocenters. The first-order valence-corrected chi connectivity index (χ1v) is 9.70. The third-order valence-electron chi connectivity index (χ3n) is 4.73. The molecule has 0 aliphatic carbocycles. The standard InChI is InChI=1S/C21H24ClN3O3/c1-3-28-20(26)16-5-8-18(9-6-16)23-21(27)25-12-10-24(11-13-25)19-14-17(22)7-4-15(19)2/h4-9,14H,3,10-13H2,1-2H3,(H,23,27). The van der Waals surface area contributed by atoms with Gasteiger partial charge in [-0.2, -0.15) is 0 Å². The Morgan fingerprint density at radius 1 is 1.07 bits per heavy atom. The largest absolute Gasteiger partial charge is 0.462 e. The molecule has 1 aliphatic rings. The normalized spacial score (nSPS) is 14.0. The predicted octanol–water partition coefficient (Wildman–Crippen LogP) is 4.18. The van der Waals surface area contributed by atoms with Crippen LogP contribution in [0.15, 0.2) is 42.5 Å². The summed E-state index contributed by atoms with van der Waals surface area (Å²) in [5.41, 5.74) is 3.39. The molecule has 0 saturated carbocycles. The Morgan fingerprint density at radius 2 is 1.75 bits per heavy atom. The molecule has 28 heavy (non-hydrogen) atoms. The number of rotatable bonds is 4. The molecule has 6 nitrogen and oxygen atoms in total. The zero-order valence-electron chi connectivity index (χ0n) is 16.1. The number of amides is 2. The number of esters is 1. The van der Waals surface area contributed by atoms with E-state index in [0.717, 1.165) is 18.8 Å². The van der Waals surface area contributed by atoms with Gasteiger partial charge in [0.05, 0.1) is 12.2 Å². The van der Waals surface area contributed by atoms with Crippen LogP contribution in [-0.2, 0) is 4.74 Å². The number of anilines is 2. The van der Waals surface area contributed by atoms with E-state index in [-0.39, 0.29) is 12.0 Å². The number of aryl methyl sites for hydroxylation is 1. The van der Waals surface area contributed by atoms with Crippen molar-refractivity contribution in [1.29, 1.82) is 0 Å². The molecular formula is C21H24ClN3O3. The second kappa shape index (κ2) is 8.97. The van der Waals surface area contributed by atoms with Gasteiger partial charge >= 0.3 is 12.0 Å². The second-order valence-corrected chi connectivity index (χ2v) is 7.07. The fourth-order valence-electron chi connectivity index (χ4n) is 3.18. The summed E-state index contributed by atoms with van der Waals surface area (Å²) in [5, 5.41) is 3.59. The number of benzene rings is 2. The number of halogens is 1. The molecule has 1 saturated heterocycles. The molecular weight excluding hydrogens is 378 g/mol. The van der Waals surface area contributed by atoms with Crippen LogP contribution in [0.3, 0.4) is 0 Å². The van der Waals surface area contributed by atoms with Gasteiger partial charge in [-0.3, -0.25) is 0 Å². The van der Waals surface area contributed by atoms with Crippen LogP contribution in [0.4, 0.5) is 16.2 Å². The number of urea groups is 1. The van der Waals surface area contributed by atoms with E-state index in [1.807, 2.05) is 18.2 Å². The van der Waals surface area contributed by atoms with Gasteiger partial charge in [0.15, 0.2) is 0 Å². The van der Waals surface area contributed by atoms with Crippen LogP contribution in [0, 0.1) is 6.92 Å². The maximum absolute atomic E-state index is 12.5. The van der Waals surface area contributed by atoms with Crippen molar-refractivity contribution in [2.24, 2.45) is 0 Å². The molecule has 0 radical (unpaired) electrons. The van der Waals surface area contributed by atoms with E-state index in [4.69, 9.17) is 16.3 Å². The fraction of sp³-hybridized carbons (Fsp3) is 0.333. The van der Waals surface area contributed by atoms with Gasteiger partial charge in [0.2, 0.25) is 0 Å². The van der Waals surface area contributed by atoms with E-state index in [9.17, 15) is 9.59 Å². The SMILES string of the molecule is CCOC(=O)c1ccc(NC(=O)N2CCN(c3cc(Cl)ccc3C)CC2)cc1. The molecule has 1 heterocycles. The molecule has 0 unspecified atom stereocenters.